The van der Waals surface area contributed by atoms with Crippen molar-refractivity contribution in [1.29, 1.82) is 0 Å². The van der Waals surface area contributed by atoms with E-state index in [-0.39, 0.29) is 38.3 Å². The van der Waals surface area contributed by atoms with Crippen LogP contribution in [0.4, 0.5) is 4.79 Å². The highest BCUT2D eigenvalue weighted by atomic mass is 16.5. The number of hydrogen-bond acceptors (Lipinski definition) is 4. The molecule has 0 aliphatic heterocycles. The van der Waals surface area contributed by atoms with Crippen LogP contribution in [0.1, 0.15) is 38.3 Å². The lowest BCUT2D eigenvalue weighted by Crippen LogP contribution is -2.61. The Morgan fingerprint density at radius 1 is 0.846 bits per heavy atom. The molecule has 7 heteroatoms. The second-order valence-electron chi connectivity index (χ2n) is 10.1. The molecule has 0 unspecified atom stereocenters. The highest BCUT2D eigenvalue weighted by Crippen LogP contribution is 2.24. The van der Waals surface area contributed by atoms with Crippen molar-refractivity contribution in [3.05, 3.63) is 96.1 Å². The molecule has 0 bridgehead atoms. The second kappa shape index (κ2) is 14.1. The summed E-state index contributed by atoms with van der Waals surface area (Å²) in [6, 6.07) is 26.4. The van der Waals surface area contributed by atoms with Gasteiger partial charge in [0.25, 0.3) is 0 Å². The van der Waals surface area contributed by atoms with E-state index in [0.717, 1.165) is 22.3 Å². The maximum atomic E-state index is 13.6. The minimum Gasteiger partial charge on any atom is -0.479 e. The monoisotopic (exact) mass is 530 g/mol. The van der Waals surface area contributed by atoms with Crippen molar-refractivity contribution in [2.24, 2.45) is 5.92 Å². The number of carbonyl (C=O) groups is 3. The van der Waals surface area contributed by atoms with E-state index in [4.69, 9.17) is 4.74 Å². The number of rotatable bonds is 13. The third kappa shape index (κ3) is 8.70. The van der Waals surface area contributed by atoms with E-state index in [1.807, 2.05) is 98.8 Å². The number of carbonyl (C=O) groups excluding carboxylic acids is 2. The number of esters is 1. The first-order valence-electron chi connectivity index (χ1n) is 13.4. The van der Waals surface area contributed by atoms with Crippen molar-refractivity contribution in [3.63, 3.8) is 0 Å². The molecule has 0 aliphatic rings. The molecule has 0 aliphatic carbocycles. The van der Waals surface area contributed by atoms with Gasteiger partial charge in [0.1, 0.15) is 5.54 Å². The van der Waals surface area contributed by atoms with E-state index in [2.05, 4.69) is 5.32 Å². The average Bonchev–Trinajstić information content (AvgIpc) is 2.92. The van der Waals surface area contributed by atoms with Crippen molar-refractivity contribution in [2.45, 2.75) is 45.6 Å². The molecule has 39 heavy (non-hydrogen) atoms. The number of benzene rings is 3. The third-order valence-electron chi connectivity index (χ3n) is 6.44. The molecule has 3 aromatic rings. The van der Waals surface area contributed by atoms with E-state index in [1.165, 1.54) is 4.90 Å². The normalized spacial score (nSPS) is 12.4. The largest absolute Gasteiger partial charge is 0.479 e. The SMILES string of the molecule is CCOC(=O)CCN(CC(C)C)C(=O)N[C@@](Cc1ccccc1)(Cc1ccc(-c2ccccc2)cc1)C(=O)O. The molecule has 0 saturated heterocycles. The third-order valence-corrected chi connectivity index (χ3v) is 6.44. The summed E-state index contributed by atoms with van der Waals surface area (Å²) in [6.07, 6.45) is 0.224. The van der Waals surface area contributed by atoms with Crippen molar-refractivity contribution in [3.8, 4) is 11.1 Å². The summed E-state index contributed by atoms with van der Waals surface area (Å²) in [6.45, 7) is 6.43. The number of urea groups is 1. The molecular formula is C32H38N2O5. The molecule has 206 valence electrons. The Balaban J connectivity index is 1.91. The predicted octanol–water partition coefficient (Wildman–Crippen LogP) is 5.58. The van der Waals surface area contributed by atoms with Gasteiger partial charge >= 0.3 is 18.0 Å². The van der Waals surface area contributed by atoms with Crippen LogP contribution >= 0.6 is 0 Å². The van der Waals surface area contributed by atoms with Crippen LogP contribution in [0.3, 0.4) is 0 Å². The molecule has 2 amide bonds. The van der Waals surface area contributed by atoms with E-state index in [0.29, 0.717) is 6.54 Å². The number of aliphatic carboxylic acids is 1. The second-order valence-corrected chi connectivity index (χ2v) is 10.1. The highest BCUT2D eigenvalue weighted by molar-refractivity contribution is 5.87. The maximum absolute atomic E-state index is 13.6. The fourth-order valence-corrected chi connectivity index (χ4v) is 4.55. The van der Waals surface area contributed by atoms with Gasteiger partial charge in [-0.3, -0.25) is 4.79 Å². The molecule has 0 radical (unpaired) electrons. The standard InChI is InChI=1S/C32H38N2O5/c1-4-39-29(35)19-20-34(23-24(2)3)31(38)33-32(30(36)37,21-25-11-7-5-8-12-25)22-26-15-17-28(18-16-26)27-13-9-6-10-14-27/h5-18,24H,4,19-23H2,1-3H3,(H,33,38)(H,36,37)/t32-/m0/s1. The summed E-state index contributed by atoms with van der Waals surface area (Å²) in [4.78, 5) is 40.0. The molecule has 0 saturated carbocycles. The van der Waals surface area contributed by atoms with Crippen LogP contribution in [-0.2, 0) is 27.2 Å². The zero-order valence-corrected chi connectivity index (χ0v) is 22.9. The van der Waals surface area contributed by atoms with Gasteiger partial charge in [-0.15, -0.1) is 0 Å². The van der Waals surface area contributed by atoms with E-state index in [9.17, 15) is 19.5 Å². The van der Waals surface area contributed by atoms with Crippen LogP contribution in [0, 0.1) is 5.92 Å². The summed E-state index contributed by atoms with van der Waals surface area (Å²) < 4.78 is 5.02. The molecule has 3 rings (SSSR count). The first-order chi connectivity index (χ1) is 18.7. The minimum atomic E-state index is -1.61. The summed E-state index contributed by atoms with van der Waals surface area (Å²) in [5, 5.41) is 13.4. The van der Waals surface area contributed by atoms with E-state index in [1.54, 1.807) is 6.92 Å². The van der Waals surface area contributed by atoms with Gasteiger partial charge in [-0.1, -0.05) is 98.8 Å². The van der Waals surface area contributed by atoms with Gasteiger partial charge in [-0.2, -0.15) is 0 Å². The van der Waals surface area contributed by atoms with Gasteiger partial charge < -0.3 is 20.1 Å². The fourth-order valence-electron chi connectivity index (χ4n) is 4.55. The van der Waals surface area contributed by atoms with Gasteiger partial charge in [-0.05, 0) is 35.1 Å². The number of amides is 2. The van der Waals surface area contributed by atoms with Crippen molar-refractivity contribution in [2.75, 3.05) is 19.7 Å². The van der Waals surface area contributed by atoms with Crippen molar-refractivity contribution >= 4 is 18.0 Å². The zero-order valence-electron chi connectivity index (χ0n) is 22.9. The van der Waals surface area contributed by atoms with Crippen LogP contribution in [0.2, 0.25) is 0 Å². The Morgan fingerprint density at radius 3 is 1.92 bits per heavy atom. The fraction of sp³-hybridized carbons (Fsp3) is 0.344. The molecule has 0 heterocycles. The molecule has 1 atom stereocenters. The Morgan fingerprint density at radius 2 is 1.38 bits per heavy atom. The molecule has 3 aromatic carbocycles. The predicted molar refractivity (Wildman–Crippen MR) is 152 cm³/mol. The number of hydrogen-bond donors (Lipinski definition) is 2. The lowest BCUT2D eigenvalue weighted by molar-refractivity contribution is -0.145. The highest BCUT2D eigenvalue weighted by Gasteiger charge is 2.41. The number of nitrogens with one attached hydrogen (secondary N) is 1. The summed E-state index contributed by atoms with van der Waals surface area (Å²) in [5.74, 6) is -1.40. The van der Waals surface area contributed by atoms with Crippen LogP contribution in [0.15, 0.2) is 84.9 Å². The quantitative estimate of drug-likeness (QED) is 0.281. The van der Waals surface area contributed by atoms with Gasteiger partial charge in [-0.25, -0.2) is 9.59 Å². The molecule has 7 nitrogen and oxygen atoms in total. The van der Waals surface area contributed by atoms with Crippen LogP contribution in [-0.4, -0.2) is 53.2 Å². The lowest BCUT2D eigenvalue weighted by atomic mass is 9.84. The summed E-state index contributed by atoms with van der Waals surface area (Å²) >= 11 is 0. The van der Waals surface area contributed by atoms with E-state index < -0.39 is 23.5 Å². The number of carboxylic acid groups (broad SMARTS) is 1. The topological polar surface area (TPSA) is 95.9 Å². The number of ether oxygens (including phenoxy) is 1. The molecule has 0 aromatic heterocycles. The van der Waals surface area contributed by atoms with Crippen LogP contribution in [0.5, 0.6) is 0 Å². The van der Waals surface area contributed by atoms with Gasteiger partial charge in [0.2, 0.25) is 0 Å². The molecule has 2 N–H and O–H groups in total. The molecule has 0 fully saturated rings. The lowest BCUT2D eigenvalue weighted by Gasteiger charge is -2.34. The maximum Gasteiger partial charge on any atom is 0.330 e. The summed E-state index contributed by atoms with van der Waals surface area (Å²) in [5.41, 5.74) is 2.07. The summed E-state index contributed by atoms with van der Waals surface area (Å²) in [7, 11) is 0. The Kier molecular flexibility index (Phi) is 10.7. The van der Waals surface area contributed by atoms with Crippen molar-refractivity contribution in [1.82, 2.24) is 10.2 Å². The van der Waals surface area contributed by atoms with Crippen LogP contribution < -0.4 is 5.32 Å². The first kappa shape index (κ1) is 29.4. The number of carboxylic acids is 1. The smallest absolute Gasteiger partial charge is 0.330 e. The van der Waals surface area contributed by atoms with Gasteiger partial charge in [0.05, 0.1) is 13.0 Å². The average molecular weight is 531 g/mol. The minimum absolute atomic E-state index is 0.0354. The Bertz CT molecular complexity index is 1210. The Hall–Kier alpha value is -4.13. The van der Waals surface area contributed by atoms with Gasteiger partial charge in [0, 0.05) is 25.9 Å². The van der Waals surface area contributed by atoms with Crippen molar-refractivity contribution < 1.29 is 24.2 Å². The van der Waals surface area contributed by atoms with Gasteiger partial charge in [0.15, 0.2) is 0 Å². The molecule has 0 spiro atoms. The van der Waals surface area contributed by atoms with E-state index >= 15 is 0 Å². The zero-order chi connectivity index (χ0) is 28.3. The van der Waals surface area contributed by atoms with Crippen LogP contribution in [0.25, 0.3) is 11.1 Å². The first-order valence-corrected chi connectivity index (χ1v) is 13.4. The number of nitrogens with zero attached hydrogens (tertiary/aromatic N) is 1. The Labute approximate surface area is 230 Å². The molecular weight excluding hydrogens is 492 g/mol.